The van der Waals surface area contributed by atoms with E-state index in [1.54, 1.807) is 23.1 Å². The molecule has 5 heteroatoms. The molecule has 0 saturated carbocycles. The van der Waals surface area contributed by atoms with E-state index in [0.29, 0.717) is 10.4 Å². The molecule has 0 spiro atoms. The Labute approximate surface area is 124 Å². The van der Waals surface area contributed by atoms with Crippen LogP contribution >= 0.6 is 34.7 Å². The first-order valence-electron chi connectivity index (χ1n) is 5.86. The largest absolute Gasteiger partial charge is 0.211 e. The number of aromatic nitrogens is 2. The number of rotatable bonds is 3. The summed E-state index contributed by atoms with van der Waals surface area (Å²) >= 11 is 9.39. The Morgan fingerprint density at radius 1 is 1.16 bits per heavy atom. The lowest BCUT2D eigenvalue weighted by Crippen LogP contribution is -1.92. The summed E-state index contributed by atoms with van der Waals surface area (Å²) in [7, 11) is 0. The zero-order valence-electron chi connectivity index (χ0n) is 10.2. The summed E-state index contributed by atoms with van der Waals surface area (Å²) in [6.45, 7) is 2.15. The Morgan fingerprint density at radius 2 is 1.95 bits per heavy atom. The maximum Gasteiger partial charge on any atom is 0.190 e. The van der Waals surface area contributed by atoms with Crippen LogP contribution in [-0.4, -0.2) is 9.97 Å². The monoisotopic (exact) mass is 306 g/mol. The molecule has 3 aromatic rings. The first kappa shape index (κ1) is 12.9. The van der Waals surface area contributed by atoms with Gasteiger partial charge in [-0.25, -0.2) is 9.97 Å². The quantitative estimate of drug-likeness (QED) is 0.378. The van der Waals surface area contributed by atoms with Crippen molar-refractivity contribution in [3.8, 4) is 0 Å². The number of fused-ring (bicyclic) bond motifs is 1. The van der Waals surface area contributed by atoms with Crippen molar-refractivity contribution < 1.29 is 0 Å². The van der Waals surface area contributed by atoms with Crippen LogP contribution in [0.3, 0.4) is 0 Å². The molecule has 1 atom stereocenters. The fraction of sp³-hybridized carbons (Fsp3) is 0.143. The van der Waals surface area contributed by atoms with Gasteiger partial charge in [0.05, 0.1) is 0 Å². The lowest BCUT2D eigenvalue weighted by molar-refractivity contribution is 0.987. The summed E-state index contributed by atoms with van der Waals surface area (Å²) in [5, 5.41) is 4.49. The highest BCUT2D eigenvalue weighted by atomic mass is 35.5. The van der Waals surface area contributed by atoms with Gasteiger partial charge in [-0.3, -0.25) is 0 Å². The molecule has 0 amide bonds. The number of hydrogen-bond acceptors (Lipinski definition) is 4. The molecule has 2 aromatic heterocycles. The first-order valence-corrected chi connectivity index (χ1v) is 8.00. The third kappa shape index (κ3) is 2.76. The van der Waals surface area contributed by atoms with Crippen LogP contribution in [0.1, 0.15) is 17.7 Å². The van der Waals surface area contributed by atoms with E-state index in [0.717, 1.165) is 15.4 Å². The van der Waals surface area contributed by atoms with Gasteiger partial charge in [0, 0.05) is 10.6 Å². The average molecular weight is 307 g/mol. The molecule has 2 nitrogen and oxygen atoms in total. The van der Waals surface area contributed by atoms with Crippen LogP contribution in [0.15, 0.2) is 46.9 Å². The van der Waals surface area contributed by atoms with Gasteiger partial charge in [0.15, 0.2) is 5.16 Å². The topological polar surface area (TPSA) is 25.8 Å². The van der Waals surface area contributed by atoms with Crippen molar-refractivity contribution in [2.45, 2.75) is 17.3 Å². The van der Waals surface area contributed by atoms with Crippen molar-refractivity contribution in [2.75, 3.05) is 0 Å². The summed E-state index contributed by atoms with van der Waals surface area (Å²) in [5.74, 6) is 0. The van der Waals surface area contributed by atoms with E-state index in [2.05, 4.69) is 29.0 Å². The van der Waals surface area contributed by atoms with Gasteiger partial charge in [-0.1, -0.05) is 53.7 Å². The normalized spacial score (nSPS) is 12.7. The van der Waals surface area contributed by atoms with Crippen molar-refractivity contribution in [1.82, 2.24) is 9.97 Å². The van der Waals surface area contributed by atoms with Crippen LogP contribution in [0.5, 0.6) is 0 Å². The maximum absolute atomic E-state index is 6.18. The highest BCUT2D eigenvalue weighted by molar-refractivity contribution is 7.99. The molecular weight excluding hydrogens is 296 g/mol. The average Bonchev–Trinajstić information content (AvgIpc) is 2.88. The Kier molecular flexibility index (Phi) is 3.73. The van der Waals surface area contributed by atoms with Gasteiger partial charge in [-0.05, 0) is 23.9 Å². The second-order valence-electron chi connectivity index (χ2n) is 4.11. The van der Waals surface area contributed by atoms with Crippen LogP contribution in [-0.2, 0) is 0 Å². The van der Waals surface area contributed by atoms with E-state index in [1.807, 2.05) is 29.6 Å². The van der Waals surface area contributed by atoms with Gasteiger partial charge in [-0.2, -0.15) is 0 Å². The second kappa shape index (κ2) is 5.49. The number of thioether (sulfide) groups is 1. The summed E-state index contributed by atoms with van der Waals surface area (Å²) in [6.07, 6.45) is 0. The van der Waals surface area contributed by atoms with E-state index in [4.69, 9.17) is 11.6 Å². The van der Waals surface area contributed by atoms with E-state index in [1.165, 1.54) is 5.56 Å². The molecule has 1 unspecified atom stereocenters. The van der Waals surface area contributed by atoms with Crippen molar-refractivity contribution in [3.05, 3.63) is 52.5 Å². The van der Waals surface area contributed by atoms with Gasteiger partial charge in [0.1, 0.15) is 9.98 Å². The molecule has 0 aliphatic heterocycles. The van der Waals surface area contributed by atoms with Gasteiger partial charge >= 0.3 is 0 Å². The molecule has 1 aromatic carbocycles. The molecule has 0 N–H and O–H groups in total. The minimum atomic E-state index is 0.301. The number of thiophene rings is 1. The van der Waals surface area contributed by atoms with Crippen molar-refractivity contribution in [1.29, 1.82) is 0 Å². The fourth-order valence-corrected chi connectivity index (χ4v) is 3.86. The lowest BCUT2D eigenvalue weighted by atomic mass is 10.2. The molecule has 19 heavy (non-hydrogen) atoms. The van der Waals surface area contributed by atoms with E-state index < -0.39 is 0 Å². The molecule has 0 bridgehead atoms. The highest BCUT2D eigenvalue weighted by Crippen LogP contribution is 2.35. The molecule has 2 heterocycles. The Hall–Kier alpha value is -1.10. The molecule has 0 aliphatic carbocycles. The highest BCUT2D eigenvalue weighted by Gasteiger charge is 2.12. The van der Waals surface area contributed by atoms with Crippen LogP contribution in [0.2, 0.25) is 5.15 Å². The number of nitrogens with zero attached hydrogens (tertiary/aromatic N) is 2. The van der Waals surface area contributed by atoms with Crippen LogP contribution in [0, 0.1) is 0 Å². The van der Waals surface area contributed by atoms with Crippen molar-refractivity contribution >= 4 is 44.9 Å². The third-order valence-electron chi connectivity index (χ3n) is 2.81. The number of hydrogen-bond donors (Lipinski definition) is 0. The van der Waals surface area contributed by atoms with Gasteiger partial charge in [0.2, 0.25) is 0 Å². The Morgan fingerprint density at radius 3 is 2.74 bits per heavy atom. The molecule has 96 valence electrons. The Bertz CT molecular complexity index is 697. The standard InChI is InChI=1S/C14H11ClN2S2/c1-9(10-5-3-2-4-6-10)19-14-16-12(15)11-7-8-18-13(11)17-14/h2-9H,1H3. The van der Waals surface area contributed by atoms with E-state index in [-0.39, 0.29) is 0 Å². The molecule has 0 aliphatic rings. The van der Waals surface area contributed by atoms with E-state index >= 15 is 0 Å². The minimum absolute atomic E-state index is 0.301. The Balaban J connectivity index is 1.89. The van der Waals surface area contributed by atoms with Crippen molar-refractivity contribution in [2.24, 2.45) is 0 Å². The smallest absolute Gasteiger partial charge is 0.190 e. The maximum atomic E-state index is 6.18. The first-order chi connectivity index (χ1) is 9.24. The molecule has 0 saturated heterocycles. The number of benzene rings is 1. The van der Waals surface area contributed by atoms with E-state index in [9.17, 15) is 0 Å². The zero-order chi connectivity index (χ0) is 13.2. The van der Waals surface area contributed by atoms with Crippen LogP contribution in [0.4, 0.5) is 0 Å². The molecule has 0 fully saturated rings. The summed E-state index contributed by atoms with van der Waals surface area (Å²) in [4.78, 5) is 9.86. The van der Waals surface area contributed by atoms with Gasteiger partial charge in [0.25, 0.3) is 0 Å². The van der Waals surface area contributed by atoms with Gasteiger partial charge in [-0.15, -0.1) is 11.3 Å². The molecule has 3 rings (SSSR count). The van der Waals surface area contributed by atoms with Crippen molar-refractivity contribution in [3.63, 3.8) is 0 Å². The summed E-state index contributed by atoms with van der Waals surface area (Å²) < 4.78 is 0. The molecule has 0 radical (unpaired) electrons. The predicted molar refractivity (Wildman–Crippen MR) is 83.1 cm³/mol. The lowest BCUT2D eigenvalue weighted by Gasteiger charge is -2.10. The predicted octanol–water partition coefficient (Wildman–Crippen LogP) is 5.20. The van der Waals surface area contributed by atoms with Crippen LogP contribution in [0.25, 0.3) is 10.2 Å². The van der Waals surface area contributed by atoms with Crippen LogP contribution < -0.4 is 0 Å². The minimum Gasteiger partial charge on any atom is -0.211 e. The number of halogens is 1. The SMILES string of the molecule is CC(Sc1nc(Cl)c2ccsc2n1)c1ccccc1. The summed E-state index contributed by atoms with van der Waals surface area (Å²) in [5.41, 5.74) is 1.26. The summed E-state index contributed by atoms with van der Waals surface area (Å²) in [6, 6.07) is 12.3. The third-order valence-corrected chi connectivity index (χ3v) is 4.92. The second-order valence-corrected chi connectivity index (χ2v) is 6.67. The fourth-order valence-electron chi connectivity index (χ4n) is 1.80. The zero-order valence-corrected chi connectivity index (χ0v) is 12.6. The van der Waals surface area contributed by atoms with Gasteiger partial charge < -0.3 is 0 Å². The molecular formula is C14H11ClN2S2.